The molecule has 102 valence electrons. The van der Waals surface area contributed by atoms with E-state index >= 15 is 0 Å². The number of aromatic nitrogens is 1. The summed E-state index contributed by atoms with van der Waals surface area (Å²) in [6.07, 6.45) is 10.6. The molecule has 0 N–H and O–H groups in total. The average molecular weight is 288 g/mol. The molecule has 1 aromatic heterocycles. The molecule has 1 aliphatic rings. The highest BCUT2D eigenvalue weighted by Gasteiger charge is 2.12. The maximum absolute atomic E-state index is 5.97. The lowest BCUT2D eigenvalue weighted by Crippen LogP contribution is -2.12. The third-order valence-electron chi connectivity index (χ3n) is 3.43. The van der Waals surface area contributed by atoms with Crippen LogP contribution in [0.5, 0.6) is 0 Å². The second-order valence-electron chi connectivity index (χ2n) is 4.95. The van der Waals surface area contributed by atoms with Crippen LogP contribution in [0, 0.1) is 0 Å². The number of nitrogens with zero attached hydrogens (tertiary/aromatic N) is 1. The van der Waals surface area contributed by atoms with Crippen LogP contribution in [0.4, 0.5) is 0 Å². The molecule has 2 rings (SSSR count). The first kappa shape index (κ1) is 14.3. The van der Waals surface area contributed by atoms with Crippen molar-refractivity contribution >= 4 is 22.9 Å². The van der Waals surface area contributed by atoms with Crippen molar-refractivity contribution in [2.45, 2.75) is 63.4 Å². The van der Waals surface area contributed by atoms with Gasteiger partial charge < -0.3 is 4.74 Å². The number of aryl methyl sites for hydroxylation is 1. The Balaban J connectivity index is 1.60. The highest BCUT2D eigenvalue weighted by Crippen LogP contribution is 2.20. The number of hydrogen-bond donors (Lipinski definition) is 0. The van der Waals surface area contributed by atoms with Gasteiger partial charge in [-0.15, -0.1) is 22.9 Å². The van der Waals surface area contributed by atoms with Crippen LogP contribution in [-0.4, -0.2) is 17.7 Å². The topological polar surface area (TPSA) is 22.1 Å². The lowest BCUT2D eigenvalue weighted by molar-refractivity contribution is 0.0419. The smallest absolute Gasteiger partial charge is 0.0929 e. The molecule has 4 heteroatoms. The fraction of sp³-hybridized carbons (Fsp3) is 0.786. The van der Waals surface area contributed by atoms with E-state index < -0.39 is 0 Å². The Morgan fingerprint density at radius 3 is 2.72 bits per heavy atom. The summed E-state index contributed by atoms with van der Waals surface area (Å²) in [5.41, 5.74) is 1.00. The van der Waals surface area contributed by atoms with Gasteiger partial charge in [-0.2, -0.15) is 0 Å². The molecule has 18 heavy (non-hydrogen) atoms. The summed E-state index contributed by atoms with van der Waals surface area (Å²) in [4.78, 5) is 4.46. The van der Waals surface area contributed by atoms with E-state index in [1.807, 2.05) is 0 Å². The molecular formula is C14H22ClNOS. The van der Waals surface area contributed by atoms with Gasteiger partial charge >= 0.3 is 0 Å². The van der Waals surface area contributed by atoms with Gasteiger partial charge in [0.2, 0.25) is 0 Å². The number of hydrogen-bond acceptors (Lipinski definition) is 3. The fourth-order valence-corrected chi connectivity index (χ4v) is 3.48. The zero-order valence-corrected chi connectivity index (χ0v) is 12.4. The summed E-state index contributed by atoms with van der Waals surface area (Å²) in [7, 11) is 0. The van der Waals surface area contributed by atoms with Crippen LogP contribution in [0.3, 0.4) is 0 Å². The normalized spacial score (nSPS) is 17.8. The zero-order chi connectivity index (χ0) is 12.6. The van der Waals surface area contributed by atoms with Gasteiger partial charge in [0.1, 0.15) is 0 Å². The van der Waals surface area contributed by atoms with Crippen LogP contribution in [0.1, 0.15) is 55.6 Å². The van der Waals surface area contributed by atoms with E-state index in [1.165, 1.54) is 43.5 Å². The molecule has 1 saturated carbocycles. The maximum Gasteiger partial charge on any atom is 0.0929 e. The second kappa shape index (κ2) is 8.13. The van der Waals surface area contributed by atoms with E-state index in [1.54, 1.807) is 11.3 Å². The second-order valence-corrected chi connectivity index (χ2v) is 6.16. The van der Waals surface area contributed by atoms with Crippen LogP contribution in [0.2, 0.25) is 0 Å². The summed E-state index contributed by atoms with van der Waals surface area (Å²) in [6, 6.07) is 0. The van der Waals surface area contributed by atoms with Crippen LogP contribution >= 0.6 is 22.9 Å². The van der Waals surface area contributed by atoms with Gasteiger partial charge in [-0.3, -0.25) is 0 Å². The Morgan fingerprint density at radius 1 is 1.28 bits per heavy atom. The maximum atomic E-state index is 5.97. The molecule has 0 atom stereocenters. The van der Waals surface area contributed by atoms with Crippen LogP contribution in [-0.2, 0) is 17.0 Å². The van der Waals surface area contributed by atoms with Crippen molar-refractivity contribution < 1.29 is 4.74 Å². The van der Waals surface area contributed by atoms with E-state index in [9.17, 15) is 0 Å². The summed E-state index contributed by atoms with van der Waals surface area (Å²) in [5, 5.41) is 3.24. The van der Waals surface area contributed by atoms with E-state index in [2.05, 4.69) is 10.4 Å². The van der Waals surface area contributed by atoms with E-state index in [0.717, 1.165) is 25.1 Å². The molecule has 0 aliphatic heterocycles. The molecular weight excluding hydrogens is 266 g/mol. The largest absolute Gasteiger partial charge is 0.378 e. The van der Waals surface area contributed by atoms with Gasteiger partial charge in [0.05, 0.1) is 22.7 Å². The van der Waals surface area contributed by atoms with Crippen LogP contribution in [0.25, 0.3) is 0 Å². The summed E-state index contributed by atoms with van der Waals surface area (Å²) >= 11 is 7.45. The molecule has 2 nitrogen and oxygen atoms in total. The van der Waals surface area contributed by atoms with Crippen molar-refractivity contribution in [3.05, 3.63) is 16.1 Å². The molecule has 1 fully saturated rings. The molecule has 0 radical (unpaired) electrons. The van der Waals surface area contributed by atoms with Crippen LogP contribution in [0.15, 0.2) is 5.38 Å². The van der Waals surface area contributed by atoms with Gasteiger partial charge in [-0.1, -0.05) is 25.7 Å². The molecule has 0 spiro atoms. The van der Waals surface area contributed by atoms with E-state index in [-0.39, 0.29) is 0 Å². The monoisotopic (exact) mass is 287 g/mol. The highest BCUT2D eigenvalue weighted by molar-refractivity contribution is 7.09. The van der Waals surface area contributed by atoms with Crippen molar-refractivity contribution in [3.8, 4) is 0 Å². The van der Waals surface area contributed by atoms with Crippen LogP contribution < -0.4 is 0 Å². The Bertz CT molecular complexity index is 334. The minimum absolute atomic E-state index is 0.516. The minimum atomic E-state index is 0.516. The quantitative estimate of drug-likeness (QED) is 0.435. The Labute approximate surface area is 119 Å². The van der Waals surface area contributed by atoms with Crippen molar-refractivity contribution in [2.24, 2.45) is 0 Å². The van der Waals surface area contributed by atoms with Crippen molar-refractivity contribution in [2.75, 3.05) is 6.61 Å². The highest BCUT2D eigenvalue weighted by atomic mass is 35.5. The van der Waals surface area contributed by atoms with E-state index in [0.29, 0.717) is 12.0 Å². The summed E-state index contributed by atoms with van der Waals surface area (Å²) in [6.45, 7) is 0.875. The number of halogens is 1. The van der Waals surface area contributed by atoms with Crippen molar-refractivity contribution in [1.29, 1.82) is 0 Å². The minimum Gasteiger partial charge on any atom is -0.378 e. The Hall–Kier alpha value is -0.120. The number of ether oxygens (including phenoxy) is 1. The van der Waals surface area contributed by atoms with Gasteiger partial charge in [0.15, 0.2) is 0 Å². The Kier molecular flexibility index (Phi) is 6.46. The van der Waals surface area contributed by atoms with E-state index in [4.69, 9.17) is 16.3 Å². The molecule has 0 bridgehead atoms. The first-order chi connectivity index (χ1) is 8.88. The lowest BCUT2D eigenvalue weighted by atomic mass is 10.1. The average Bonchev–Trinajstić information content (AvgIpc) is 2.70. The predicted molar refractivity (Wildman–Crippen MR) is 77.4 cm³/mol. The Morgan fingerprint density at radius 2 is 2.06 bits per heavy atom. The molecule has 1 aromatic rings. The molecule has 0 unspecified atom stereocenters. The predicted octanol–water partition coefficient (Wildman–Crippen LogP) is 4.55. The number of thiazole rings is 1. The summed E-state index contributed by atoms with van der Waals surface area (Å²) in [5.74, 6) is 0.523. The van der Waals surface area contributed by atoms with Crippen molar-refractivity contribution in [3.63, 3.8) is 0 Å². The molecule has 0 aromatic carbocycles. The van der Waals surface area contributed by atoms with Crippen molar-refractivity contribution in [1.82, 2.24) is 4.98 Å². The van der Waals surface area contributed by atoms with Gasteiger partial charge in [0, 0.05) is 18.4 Å². The molecule has 0 saturated heterocycles. The molecule has 1 aliphatic carbocycles. The zero-order valence-electron chi connectivity index (χ0n) is 10.9. The first-order valence-corrected chi connectivity index (χ1v) is 8.41. The SMILES string of the molecule is ClCc1csc(CCCOC2CCCCCC2)n1. The molecule has 0 amide bonds. The number of rotatable bonds is 6. The van der Waals surface area contributed by atoms with Gasteiger partial charge in [-0.05, 0) is 19.3 Å². The lowest BCUT2D eigenvalue weighted by Gasteiger charge is -2.14. The molecule has 1 heterocycles. The fourth-order valence-electron chi connectivity index (χ4n) is 2.41. The van der Waals surface area contributed by atoms with Gasteiger partial charge in [-0.25, -0.2) is 4.98 Å². The standard InChI is InChI=1S/C14H22ClNOS/c15-10-12-11-18-14(16-12)8-5-9-17-13-6-3-1-2-4-7-13/h11,13H,1-10H2. The number of alkyl halides is 1. The third-order valence-corrected chi connectivity index (χ3v) is 4.66. The third kappa shape index (κ3) is 4.87. The van der Waals surface area contributed by atoms with Gasteiger partial charge in [0.25, 0.3) is 0 Å². The summed E-state index contributed by atoms with van der Waals surface area (Å²) < 4.78 is 5.97. The first-order valence-electron chi connectivity index (χ1n) is 6.99.